The summed E-state index contributed by atoms with van der Waals surface area (Å²) in [6.45, 7) is 2.63. The molecule has 1 heterocycles. The van der Waals surface area contributed by atoms with E-state index in [0.29, 0.717) is 17.4 Å². The maximum absolute atomic E-state index is 13.0. The van der Waals surface area contributed by atoms with Gasteiger partial charge in [0, 0.05) is 29.9 Å². The molecule has 20 heavy (non-hydrogen) atoms. The molecule has 0 radical (unpaired) electrons. The van der Waals surface area contributed by atoms with Crippen molar-refractivity contribution in [3.05, 3.63) is 58.5 Å². The van der Waals surface area contributed by atoms with Crippen molar-refractivity contribution >= 4 is 11.6 Å². The summed E-state index contributed by atoms with van der Waals surface area (Å²) in [6, 6.07) is 8.23. The van der Waals surface area contributed by atoms with Crippen LogP contribution >= 0.6 is 11.6 Å². The summed E-state index contributed by atoms with van der Waals surface area (Å²) in [7, 11) is 1.58. The van der Waals surface area contributed by atoms with E-state index < -0.39 is 0 Å². The summed E-state index contributed by atoms with van der Waals surface area (Å²) in [5.41, 5.74) is 1.93. The van der Waals surface area contributed by atoms with E-state index in [0.717, 1.165) is 11.1 Å². The van der Waals surface area contributed by atoms with Crippen molar-refractivity contribution in [2.75, 3.05) is 7.11 Å². The van der Waals surface area contributed by atoms with E-state index >= 15 is 0 Å². The van der Waals surface area contributed by atoms with Crippen LogP contribution < -0.4 is 10.1 Å². The Bertz CT molecular complexity index is 592. The molecule has 1 aromatic carbocycles. The highest BCUT2D eigenvalue weighted by molar-refractivity contribution is 6.31. The van der Waals surface area contributed by atoms with E-state index in [1.54, 1.807) is 19.4 Å². The Kier molecular flexibility index (Phi) is 4.93. The minimum absolute atomic E-state index is 0.0160. The van der Waals surface area contributed by atoms with E-state index in [2.05, 4.69) is 10.3 Å². The van der Waals surface area contributed by atoms with E-state index in [9.17, 15) is 4.39 Å². The lowest BCUT2D eigenvalue weighted by atomic mass is 10.1. The molecule has 0 aliphatic rings. The number of methoxy groups -OCH3 is 1. The normalized spacial score (nSPS) is 12.2. The Morgan fingerprint density at radius 2 is 2.15 bits per heavy atom. The number of aromatic nitrogens is 1. The first-order chi connectivity index (χ1) is 9.60. The number of benzene rings is 1. The standard InChI is InChI=1S/C15H16ClFN2O/c1-10(13-4-3-12(17)8-14(13)16)19-9-11-5-6-18-15(7-11)20-2/h3-8,10,19H,9H2,1-2H3. The molecule has 3 nitrogen and oxygen atoms in total. The first-order valence-electron chi connectivity index (χ1n) is 6.27. The summed E-state index contributed by atoms with van der Waals surface area (Å²) in [5.74, 6) is 0.251. The largest absolute Gasteiger partial charge is 0.481 e. The van der Waals surface area contributed by atoms with Gasteiger partial charge in [0.1, 0.15) is 5.82 Å². The van der Waals surface area contributed by atoms with Crippen molar-refractivity contribution in [2.24, 2.45) is 0 Å². The molecule has 1 N–H and O–H groups in total. The molecule has 2 aromatic rings. The highest BCUT2D eigenvalue weighted by Gasteiger charge is 2.10. The zero-order valence-corrected chi connectivity index (χ0v) is 12.1. The SMILES string of the molecule is COc1cc(CNC(C)c2ccc(F)cc2Cl)ccn1. The molecule has 106 valence electrons. The van der Waals surface area contributed by atoms with Crippen molar-refractivity contribution in [3.63, 3.8) is 0 Å². The first kappa shape index (κ1) is 14.8. The molecule has 0 aliphatic carbocycles. The number of nitrogens with one attached hydrogen (secondary N) is 1. The van der Waals surface area contributed by atoms with Gasteiger partial charge in [-0.05, 0) is 36.2 Å². The van der Waals surface area contributed by atoms with Gasteiger partial charge in [0.2, 0.25) is 5.88 Å². The van der Waals surface area contributed by atoms with Gasteiger partial charge < -0.3 is 10.1 Å². The molecule has 0 spiro atoms. The van der Waals surface area contributed by atoms with Gasteiger partial charge >= 0.3 is 0 Å². The molecule has 1 unspecified atom stereocenters. The second-order valence-electron chi connectivity index (χ2n) is 4.47. The van der Waals surface area contributed by atoms with Crippen molar-refractivity contribution in [2.45, 2.75) is 19.5 Å². The number of hydrogen-bond acceptors (Lipinski definition) is 3. The Labute approximate surface area is 122 Å². The summed E-state index contributed by atoms with van der Waals surface area (Å²) < 4.78 is 18.1. The fourth-order valence-corrected chi connectivity index (χ4v) is 2.24. The van der Waals surface area contributed by atoms with Crippen LogP contribution in [0.15, 0.2) is 36.5 Å². The number of ether oxygens (including phenoxy) is 1. The van der Waals surface area contributed by atoms with Gasteiger partial charge in [0.15, 0.2) is 0 Å². The second kappa shape index (κ2) is 6.68. The average molecular weight is 295 g/mol. The summed E-state index contributed by atoms with van der Waals surface area (Å²) >= 11 is 6.04. The summed E-state index contributed by atoms with van der Waals surface area (Å²) in [6.07, 6.45) is 1.70. The lowest BCUT2D eigenvalue weighted by Gasteiger charge is -2.16. The molecular formula is C15H16ClFN2O. The molecule has 0 saturated heterocycles. The van der Waals surface area contributed by atoms with Crippen molar-refractivity contribution in [1.82, 2.24) is 10.3 Å². The van der Waals surface area contributed by atoms with E-state index in [1.807, 2.05) is 19.1 Å². The lowest BCUT2D eigenvalue weighted by Crippen LogP contribution is -2.18. The number of pyridine rings is 1. The van der Waals surface area contributed by atoms with Crippen molar-refractivity contribution in [1.29, 1.82) is 0 Å². The highest BCUT2D eigenvalue weighted by Crippen LogP contribution is 2.24. The molecule has 0 bridgehead atoms. The topological polar surface area (TPSA) is 34.1 Å². The number of nitrogens with zero attached hydrogens (tertiary/aromatic N) is 1. The van der Waals surface area contributed by atoms with Gasteiger partial charge in [-0.3, -0.25) is 0 Å². The molecule has 0 fully saturated rings. The fourth-order valence-electron chi connectivity index (χ4n) is 1.91. The Morgan fingerprint density at radius 3 is 2.85 bits per heavy atom. The second-order valence-corrected chi connectivity index (χ2v) is 4.88. The maximum atomic E-state index is 13.0. The van der Waals surface area contributed by atoms with Crippen LogP contribution in [0.25, 0.3) is 0 Å². The maximum Gasteiger partial charge on any atom is 0.213 e. The van der Waals surface area contributed by atoms with E-state index in [4.69, 9.17) is 16.3 Å². The molecule has 1 aromatic heterocycles. The third kappa shape index (κ3) is 3.68. The molecule has 1 atom stereocenters. The van der Waals surface area contributed by atoms with Crippen LogP contribution in [0.4, 0.5) is 4.39 Å². The number of halogens is 2. The third-order valence-electron chi connectivity index (χ3n) is 3.05. The predicted molar refractivity (Wildman–Crippen MR) is 77.5 cm³/mol. The van der Waals surface area contributed by atoms with E-state index in [1.165, 1.54) is 12.1 Å². The van der Waals surface area contributed by atoms with Crippen LogP contribution in [0.2, 0.25) is 5.02 Å². The summed E-state index contributed by atoms with van der Waals surface area (Å²) in [4.78, 5) is 4.05. The van der Waals surface area contributed by atoms with Crippen LogP contribution in [0.3, 0.4) is 0 Å². The Hall–Kier alpha value is -1.65. The average Bonchev–Trinajstić information content (AvgIpc) is 2.45. The molecule has 5 heteroatoms. The van der Waals surface area contributed by atoms with Crippen LogP contribution in [0.5, 0.6) is 5.88 Å². The zero-order valence-electron chi connectivity index (χ0n) is 11.4. The van der Waals surface area contributed by atoms with Crippen molar-refractivity contribution in [3.8, 4) is 5.88 Å². The first-order valence-corrected chi connectivity index (χ1v) is 6.65. The van der Waals surface area contributed by atoms with Gasteiger partial charge in [0.25, 0.3) is 0 Å². The van der Waals surface area contributed by atoms with Crippen LogP contribution in [0.1, 0.15) is 24.1 Å². The number of hydrogen-bond donors (Lipinski definition) is 1. The minimum Gasteiger partial charge on any atom is -0.481 e. The monoisotopic (exact) mass is 294 g/mol. The third-order valence-corrected chi connectivity index (χ3v) is 3.38. The predicted octanol–water partition coefficient (Wildman–Crippen LogP) is 3.73. The van der Waals surface area contributed by atoms with Gasteiger partial charge in [-0.2, -0.15) is 0 Å². The van der Waals surface area contributed by atoms with Gasteiger partial charge in [-0.15, -0.1) is 0 Å². The molecule has 0 amide bonds. The van der Waals surface area contributed by atoms with Gasteiger partial charge in [0.05, 0.1) is 7.11 Å². The molecule has 0 saturated carbocycles. The lowest BCUT2D eigenvalue weighted by molar-refractivity contribution is 0.397. The van der Waals surface area contributed by atoms with E-state index in [-0.39, 0.29) is 11.9 Å². The summed E-state index contributed by atoms with van der Waals surface area (Å²) in [5, 5.41) is 3.76. The Balaban J connectivity index is 2.02. The zero-order chi connectivity index (χ0) is 14.5. The Morgan fingerprint density at radius 1 is 1.35 bits per heavy atom. The molecular weight excluding hydrogens is 279 g/mol. The smallest absolute Gasteiger partial charge is 0.213 e. The quantitative estimate of drug-likeness (QED) is 0.912. The van der Waals surface area contributed by atoms with Crippen molar-refractivity contribution < 1.29 is 9.13 Å². The number of rotatable bonds is 5. The van der Waals surface area contributed by atoms with Crippen LogP contribution in [-0.4, -0.2) is 12.1 Å². The van der Waals surface area contributed by atoms with Crippen LogP contribution in [0, 0.1) is 5.82 Å². The van der Waals surface area contributed by atoms with Gasteiger partial charge in [-0.25, -0.2) is 9.37 Å². The molecule has 0 aliphatic heterocycles. The highest BCUT2D eigenvalue weighted by atomic mass is 35.5. The minimum atomic E-state index is -0.329. The van der Waals surface area contributed by atoms with Gasteiger partial charge in [-0.1, -0.05) is 17.7 Å². The molecule has 2 rings (SSSR count). The fraction of sp³-hybridized carbons (Fsp3) is 0.267. The van der Waals surface area contributed by atoms with Crippen LogP contribution in [-0.2, 0) is 6.54 Å².